The van der Waals surface area contributed by atoms with Gasteiger partial charge in [-0.2, -0.15) is 0 Å². The third-order valence-electron chi connectivity index (χ3n) is 4.75. The van der Waals surface area contributed by atoms with Gasteiger partial charge in [0.15, 0.2) is 0 Å². The number of esters is 1. The first kappa shape index (κ1) is 35.6. The molecule has 0 bridgehead atoms. The van der Waals surface area contributed by atoms with Crippen LogP contribution >= 0.6 is 0 Å². The molecule has 0 spiro atoms. The lowest BCUT2D eigenvalue weighted by atomic mass is 10.1. The number of Topliss-reactive ketones (excluding diaryl/α,β-unsaturated/α-hetero) is 1. The Morgan fingerprint density at radius 1 is 0.500 bits per heavy atom. The van der Waals surface area contributed by atoms with Crippen molar-refractivity contribution in [3.05, 3.63) is 48.7 Å². The number of carbonyl (C=O) groups excluding carboxylic acids is 2. The summed E-state index contributed by atoms with van der Waals surface area (Å²) in [4.78, 5) is 23.6. The van der Waals surface area contributed by atoms with Crippen molar-refractivity contribution in [1.82, 2.24) is 0 Å². The third kappa shape index (κ3) is 22.4. The molecule has 40 heavy (non-hydrogen) atoms. The standard InChI is InChI=1S/C28H44O12/c1-2-31-8-9-32-10-11-33-12-13-34-14-15-35-16-17-36-18-19-37-20-21-38-22-23-39-24-25-40-28(30)27(29)26-6-4-3-5-7-26/h2-7H,1,8-25H2. The smallest absolute Gasteiger partial charge is 0.379 e. The second-order valence-corrected chi connectivity index (χ2v) is 7.77. The van der Waals surface area contributed by atoms with E-state index in [0.29, 0.717) is 111 Å². The summed E-state index contributed by atoms with van der Waals surface area (Å²) in [5.41, 5.74) is 0.297. The maximum Gasteiger partial charge on any atom is 0.379 e. The number of rotatable bonds is 30. The first-order valence-electron chi connectivity index (χ1n) is 13.4. The first-order valence-corrected chi connectivity index (χ1v) is 13.4. The number of hydrogen-bond donors (Lipinski definition) is 0. The van der Waals surface area contributed by atoms with Gasteiger partial charge >= 0.3 is 5.97 Å². The van der Waals surface area contributed by atoms with Gasteiger partial charge in [0, 0.05) is 5.56 Å². The van der Waals surface area contributed by atoms with Crippen LogP contribution in [0.1, 0.15) is 10.4 Å². The number of ether oxygens (including phenoxy) is 10. The summed E-state index contributed by atoms with van der Waals surface area (Å²) in [6, 6.07) is 8.26. The average Bonchev–Trinajstić information content (AvgIpc) is 2.98. The molecule has 0 saturated carbocycles. The Kier molecular flexibility index (Phi) is 25.0. The van der Waals surface area contributed by atoms with E-state index in [2.05, 4.69) is 6.58 Å². The van der Waals surface area contributed by atoms with Crippen LogP contribution in [0.25, 0.3) is 0 Å². The summed E-state index contributed by atoms with van der Waals surface area (Å²) < 4.78 is 52.9. The number of ketones is 1. The molecule has 0 radical (unpaired) electrons. The molecule has 0 aliphatic rings. The van der Waals surface area contributed by atoms with Crippen molar-refractivity contribution < 1.29 is 57.0 Å². The van der Waals surface area contributed by atoms with Crippen LogP contribution in [0.3, 0.4) is 0 Å². The van der Waals surface area contributed by atoms with Gasteiger partial charge in [0.2, 0.25) is 0 Å². The average molecular weight is 573 g/mol. The van der Waals surface area contributed by atoms with Gasteiger partial charge in [-0.3, -0.25) is 4.79 Å². The molecular weight excluding hydrogens is 528 g/mol. The Labute approximate surface area is 236 Å². The van der Waals surface area contributed by atoms with E-state index >= 15 is 0 Å². The fourth-order valence-corrected chi connectivity index (χ4v) is 2.80. The normalized spacial score (nSPS) is 10.9. The molecule has 12 heteroatoms. The van der Waals surface area contributed by atoms with Gasteiger partial charge in [-0.25, -0.2) is 4.79 Å². The van der Waals surface area contributed by atoms with Crippen molar-refractivity contribution in [2.24, 2.45) is 0 Å². The second kappa shape index (κ2) is 28.1. The predicted octanol–water partition coefficient (Wildman–Crippen LogP) is 1.71. The lowest BCUT2D eigenvalue weighted by Crippen LogP contribution is -2.20. The third-order valence-corrected chi connectivity index (χ3v) is 4.75. The zero-order chi connectivity index (χ0) is 28.8. The van der Waals surface area contributed by atoms with Crippen molar-refractivity contribution in [2.75, 3.05) is 119 Å². The van der Waals surface area contributed by atoms with Gasteiger partial charge in [-0.05, 0) is 0 Å². The van der Waals surface area contributed by atoms with E-state index in [4.69, 9.17) is 47.4 Å². The van der Waals surface area contributed by atoms with Gasteiger partial charge in [0.25, 0.3) is 5.78 Å². The van der Waals surface area contributed by atoms with Gasteiger partial charge < -0.3 is 47.4 Å². The molecular formula is C28H44O12. The van der Waals surface area contributed by atoms with E-state index in [0.717, 1.165) is 0 Å². The summed E-state index contributed by atoms with van der Waals surface area (Å²) in [5, 5.41) is 0. The summed E-state index contributed by atoms with van der Waals surface area (Å²) in [7, 11) is 0. The molecule has 12 nitrogen and oxygen atoms in total. The number of benzene rings is 1. The molecule has 0 heterocycles. The Morgan fingerprint density at radius 2 is 0.825 bits per heavy atom. The Balaban J connectivity index is 1.69. The van der Waals surface area contributed by atoms with E-state index in [1.807, 2.05) is 0 Å². The van der Waals surface area contributed by atoms with Crippen molar-refractivity contribution >= 4 is 11.8 Å². The summed E-state index contributed by atoms with van der Waals surface area (Å²) in [5.74, 6) is -1.57. The minimum Gasteiger partial charge on any atom is -0.499 e. The van der Waals surface area contributed by atoms with E-state index < -0.39 is 11.8 Å². The molecule has 0 fully saturated rings. The molecule has 1 aromatic rings. The van der Waals surface area contributed by atoms with Crippen molar-refractivity contribution in [3.8, 4) is 0 Å². The zero-order valence-corrected chi connectivity index (χ0v) is 23.3. The van der Waals surface area contributed by atoms with Crippen LogP contribution in [0.4, 0.5) is 0 Å². The second-order valence-electron chi connectivity index (χ2n) is 7.77. The Morgan fingerprint density at radius 3 is 1.18 bits per heavy atom. The van der Waals surface area contributed by atoms with E-state index in [9.17, 15) is 9.59 Å². The number of hydrogen-bond acceptors (Lipinski definition) is 12. The highest BCUT2D eigenvalue weighted by molar-refractivity contribution is 6.40. The molecule has 0 aromatic heterocycles. The van der Waals surface area contributed by atoms with Crippen LogP contribution in [0.15, 0.2) is 43.2 Å². The SMILES string of the molecule is C=COCCOCCOCCOCCOCCOCCOCCOCCOCCOC(=O)C(=O)c1ccccc1. The van der Waals surface area contributed by atoms with Crippen molar-refractivity contribution in [3.63, 3.8) is 0 Å². The molecule has 0 aliphatic heterocycles. The topological polar surface area (TPSA) is 126 Å². The molecule has 0 N–H and O–H groups in total. The van der Waals surface area contributed by atoms with Crippen molar-refractivity contribution in [2.45, 2.75) is 0 Å². The van der Waals surface area contributed by atoms with Crippen LogP contribution in [0.5, 0.6) is 0 Å². The highest BCUT2D eigenvalue weighted by Gasteiger charge is 2.17. The van der Waals surface area contributed by atoms with Crippen molar-refractivity contribution in [1.29, 1.82) is 0 Å². The predicted molar refractivity (Wildman–Crippen MR) is 144 cm³/mol. The maximum atomic E-state index is 11.9. The molecule has 0 unspecified atom stereocenters. The molecule has 1 aromatic carbocycles. The summed E-state index contributed by atoms with van der Waals surface area (Å²) in [6.45, 7) is 11.2. The van der Waals surface area contributed by atoms with E-state index in [1.165, 1.54) is 6.26 Å². The number of carbonyl (C=O) groups is 2. The molecule has 0 amide bonds. The molecule has 0 saturated heterocycles. The van der Waals surface area contributed by atoms with E-state index in [1.54, 1.807) is 30.3 Å². The maximum absolute atomic E-state index is 11.9. The fraction of sp³-hybridized carbons (Fsp3) is 0.643. The zero-order valence-electron chi connectivity index (χ0n) is 23.3. The first-order chi connectivity index (χ1) is 19.8. The van der Waals surface area contributed by atoms with Gasteiger partial charge in [0.05, 0.1) is 112 Å². The highest BCUT2D eigenvalue weighted by Crippen LogP contribution is 2.01. The monoisotopic (exact) mass is 572 g/mol. The quantitative estimate of drug-likeness (QED) is 0.0438. The largest absolute Gasteiger partial charge is 0.499 e. The summed E-state index contributed by atoms with van der Waals surface area (Å²) in [6.07, 6.45) is 1.39. The molecule has 0 aliphatic carbocycles. The summed E-state index contributed by atoms with van der Waals surface area (Å²) >= 11 is 0. The Bertz CT molecular complexity index is 731. The fourth-order valence-electron chi connectivity index (χ4n) is 2.80. The van der Waals surface area contributed by atoms with Crippen LogP contribution in [0.2, 0.25) is 0 Å². The molecule has 228 valence electrons. The van der Waals surface area contributed by atoms with Crippen LogP contribution in [0, 0.1) is 0 Å². The molecule has 1 rings (SSSR count). The minimum absolute atomic E-state index is 0.0000578. The van der Waals surface area contributed by atoms with Gasteiger partial charge in [0.1, 0.15) is 13.2 Å². The lowest BCUT2D eigenvalue weighted by molar-refractivity contribution is -0.139. The van der Waals surface area contributed by atoms with Crippen LogP contribution in [-0.4, -0.2) is 131 Å². The highest BCUT2D eigenvalue weighted by atomic mass is 16.6. The van der Waals surface area contributed by atoms with Crippen LogP contribution in [-0.2, 0) is 52.2 Å². The van der Waals surface area contributed by atoms with Gasteiger partial charge in [-0.1, -0.05) is 36.9 Å². The molecule has 0 atom stereocenters. The van der Waals surface area contributed by atoms with Crippen LogP contribution < -0.4 is 0 Å². The van der Waals surface area contributed by atoms with E-state index in [-0.39, 0.29) is 13.2 Å². The lowest BCUT2D eigenvalue weighted by Gasteiger charge is -2.09. The minimum atomic E-state index is -0.896. The Hall–Kier alpha value is -2.42. The van der Waals surface area contributed by atoms with Gasteiger partial charge in [-0.15, -0.1) is 0 Å².